The second-order valence-corrected chi connectivity index (χ2v) is 3.06. The van der Waals surface area contributed by atoms with Crippen LogP contribution in [0, 0.1) is 0 Å². The van der Waals surface area contributed by atoms with Crippen molar-refractivity contribution in [2.75, 3.05) is 20.6 Å². The van der Waals surface area contributed by atoms with Gasteiger partial charge in [-0.3, -0.25) is 4.48 Å². The zero-order valence-corrected chi connectivity index (χ0v) is 5.10. The lowest BCUT2D eigenvalue weighted by Gasteiger charge is -2.06. The molecule has 2 nitrogen and oxygen atoms in total. The highest BCUT2D eigenvalue weighted by Crippen LogP contribution is 2.34. The highest BCUT2D eigenvalue weighted by atomic mass is 16.3. The standard InChI is InChI=1S/C5H12NO/c1-5(7)4-6(5,2)3/h7H,4H2,1-3H3/q+1. The quantitative estimate of drug-likeness (QED) is 0.331. The molecule has 1 saturated heterocycles. The smallest absolute Gasteiger partial charge is 0.248 e. The molecule has 0 radical (unpaired) electrons. The maximum atomic E-state index is 9.13. The van der Waals surface area contributed by atoms with Crippen molar-refractivity contribution in [1.29, 1.82) is 0 Å². The van der Waals surface area contributed by atoms with Gasteiger partial charge in [0, 0.05) is 6.92 Å². The van der Waals surface area contributed by atoms with Gasteiger partial charge in [0.1, 0.15) is 0 Å². The van der Waals surface area contributed by atoms with E-state index in [0.29, 0.717) is 0 Å². The molecule has 1 fully saturated rings. The van der Waals surface area contributed by atoms with Crippen molar-refractivity contribution >= 4 is 0 Å². The lowest BCUT2D eigenvalue weighted by atomic mass is 10.5. The Morgan fingerprint density at radius 1 is 1.57 bits per heavy atom. The molecule has 7 heavy (non-hydrogen) atoms. The first-order chi connectivity index (χ1) is 2.96. The molecule has 1 atom stereocenters. The van der Waals surface area contributed by atoms with Gasteiger partial charge in [0.2, 0.25) is 5.72 Å². The summed E-state index contributed by atoms with van der Waals surface area (Å²) in [7, 11) is 4.03. The Bertz CT molecular complexity index is 84.3. The normalized spacial score (nSPS) is 46.3. The van der Waals surface area contributed by atoms with Gasteiger partial charge in [-0.05, 0) is 0 Å². The van der Waals surface area contributed by atoms with E-state index < -0.39 is 5.72 Å². The molecule has 1 N–H and O–H groups in total. The molecule has 1 unspecified atom stereocenters. The van der Waals surface area contributed by atoms with Gasteiger partial charge < -0.3 is 5.11 Å². The van der Waals surface area contributed by atoms with E-state index in [2.05, 4.69) is 0 Å². The lowest BCUT2D eigenvalue weighted by Crippen LogP contribution is -2.24. The van der Waals surface area contributed by atoms with Crippen LogP contribution in [0.2, 0.25) is 0 Å². The zero-order chi connectivity index (χ0) is 5.71. The highest BCUT2D eigenvalue weighted by molar-refractivity contribution is 4.72. The summed E-state index contributed by atoms with van der Waals surface area (Å²) in [6.07, 6.45) is 0. The van der Waals surface area contributed by atoms with Gasteiger partial charge in [0.25, 0.3) is 0 Å². The first-order valence-electron chi connectivity index (χ1n) is 2.51. The molecule has 0 bridgehead atoms. The molecule has 0 spiro atoms. The molecular weight excluding hydrogens is 90.1 g/mol. The summed E-state index contributed by atoms with van der Waals surface area (Å²) in [5.74, 6) is 0. The van der Waals surface area contributed by atoms with Gasteiger partial charge in [-0.2, -0.15) is 0 Å². The van der Waals surface area contributed by atoms with Crippen LogP contribution in [0.3, 0.4) is 0 Å². The number of likely N-dealkylation sites (N-methyl/N-ethyl adjacent to an activating group) is 1. The number of rotatable bonds is 0. The Kier molecular flexibility index (Phi) is 0.621. The van der Waals surface area contributed by atoms with E-state index >= 15 is 0 Å². The van der Waals surface area contributed by atoms with E-state index in [-0.39, 0.29) is 0 Å². The summed E-state index contributed by atoms with van der Waals surface area (Å²) >= 11 is 0. The first-order valence-corrected chi connectivity index (χ1v) is 2.51. The molecule has 0 aromatic rings. The fourth-order valence-corrected chi connectivity index (χ4v) is 0.713. The average molecular weight is 102 g/mol. The molecule has 1 rings (SSSR count). The van der Waals surface area contributed by atoms with Gasteiger partial charge in [-0.15, -0.1) is 0 Å². The van der Waals surface area contributed by atoms with Crippen molar-refractivity contribution in [3.05, 3.63) is 0 Å². The summed E-state index contributed by atoms with van der Waals surface area (Å²) in [5, 5.41) is 9.13. The molecule has 1 heterocycles. The minimum Gasteiger partial charge on any atom is -0.338 e. The van der Waals surface area contributed by atoms with Gasteiger partial charge >= 0.3 is 0 Å². The van der Waals surface area contributed by atoms with Gasteiger partial charge in [0.15, 0.2) is 6.54 Å². The van der Waals surface area contributed by atoms with Gasteiger partial charge in [-0.25, -0.2) is 0 Å². The summed E-state index contributed by atoms with van der Waals surface area (Å²) in [5.41, 5.74) is -0.417. The largest absolute Gasteiger partial charge is 0.338 e. The van der Waals surface area contributed by atoms with Gasteiger partial charge in [0.05, 0.1) is 14.1 Å². The van der Waals surface area contributed by atoms with Crippen LogP contribution in [0.4, 0.5) is 0 Å². The summed E-state index contributed by atoms with van der Waals surface area (Å²) in [4.78, 5) is 0. The molecule has 0 amide bonds. The maximum absolute atomic E-state index is 9.13. The van der Waals surface area contributed by atoms with Gasteiger partial charge in [-0.1, -0.05) is 0 Å². The van der Waals surface area contributed by atoms with E-state index in [1.165, 1.54) is 0 Å². The van der Waals surface area contributed by atoms with E-state index in [4.69, 9.17) is 5.11 Å². The van der Waals surface area contributed by atoms with Crippen LogP contribution in [0.25, 0.3) is 0 Å². The SMILES string of the molecule is CC1(O)C[N+]1(C)C. The van der Waals surface area contributed by atoms with Crippen molar-refractivity contribution in [2.45, 2.75) is 12.6 Å². The van der Waals surface area contributed by atoms with Crippen molar-refractivity contribution in [2.24, 2.45) is 0 Å². The molecular formula is C5H12NO+. The third-order valence-corrected chi connectivity index (χ3v) is 1.90. The fraction of sp³-hybridized carbons (Fsp3) is 1.00. The molecule has 42 valence electrons. The van der Waals surface area contributed by atoms with Crippen LogP contribution < -0.4 is 0 Å². The Morgan fingerprint density at radius 3 is 1.71 bits per heavy atom. The second kappa shape index (κ2) is 0.858. The van der Waals surface area contributed by atoms with Crippen molar-refractivity contribution in [1.82, 2.24) is 0 Å². The van der Waals surface area contributed by atoms with E-state index in [1.807, 2.05) is 21.0 Å². The summed E-state index contributed by atoms with van der Waals surface area (Å²) in [6.45, 7) is 2.75. The van der Waals surface area contributed by atoms with Crippen molar-refractivity contribution in [3.63, 3.8) is 0 Å². The summed E-state index contributed by atoms with van der Waals surface area (Å²) in [6, 6.07) is 0. The molecule has 1 aliphatic heterocycles. The molecule has 2 heteroatoms. The summed E-state index contributed by atoms with van der Waals surface area (Å²) < 4.78 is 0.757. The Morgan fingerprint density at radius 2 is 1.71 bits per heavy atom. The monoisotopic (exact) mass is 102 g/mol. The Labute approximate surface area is 44.0 Å². The minimum absolute atomic E-state index is 0.417. The predicted octanol–water partition coefficient (Wildman–Crippen LogP) is -0.215. The van der Waals surface area contributed by atoms with E-state index in [0.717, 1.165) is 11.0 Å². The average Bonchev–Trinajstić information content (AvgIpc) is 1.63. The van der Waals surface area contributed by atoms with Crippen LogP contribution in [-0.2, 0) is 0 Å². The number of hydrogen-bond acceptors (Lipinski definition) is 1. The zero-order valence-electron chi connectivity index (χ0n) is 5.10. The van der Waals surface area contributed by atoms with Crippen LogP contribution in [0.5, 0.6) is 0 Å². The van der Waals surface area contributed by atoms with Crippen LogP contribution in [-0.4, -0.2) is 36.0 Å². The maximum Gasteiger partial charge on any atom is 0.248 e. The fourth-order valence-electron chi connectivity index (χ4n) is 0.713. The molecule has 1 aliphatic rings. The molecule has 0 aromatic carbocycles. The number of quaternary nitrogens is 1. The van der Waals surface area contributed by atoms with Crippen molar-refractivity contribution in [3.8, 4) is 0 Å². The lowest BCUT2D eigenvalue weighted by molar-refractivity contribution is -0.803. The van der Waals surface area contributed by atoms with Crippen LogP contribution in [0.1, 0.15) is 6.92 Å². The third kappa shape index (κ3) is 0.545. The third-order valence-electron chi connectivity index (χ3n) is 1.90. The van der Waals surface area contributed by atoms with Crippen molar-refractivity contribution < 1.29 is 9.59 Å². The number of hydrogen-bond donors (Lipinski definition) is 1. The first kappa shape index (κ1) is 5.06. The van der Waals surface area contributed by atoms with E-state index in [1.54, 1.807) is 0 Å². The minimum atomic E-state index is -0.417. The predicted molar refractivity (Wildman–Crippen MR) is 27.6 cm³/mol. The van der Waals surface area contributed by atoms with Crippen LogP contribution >= 0.6 is 0 Å². The van der Waals surface area contributed by atoms with E-state index in [9.17, 15) is 0 Å². The molecule has 0 aliphatic carbocycles. The number of nitrogens with zero attached hydrogens (tertiary/aromatic N) is 1. The Balaban J connectivity index is 2.59. The highest BCUT2D eigenvalue weighted by Gasteiger charge is 2.59. The second-order valence-electron chi connectivity index (χ2n) is 3.06. The number of aliphatic hydroxyl groups is 1. The van der Waals surface area contributed by atoms with Crippen LogP contribution in [0.15, 0.2) is 0 Å². The topological polar surface area (TPSA) is 20.2 Å². The molecule has 0 saturated carbocycles. The Hall–Kier alpha value is -0.0800. The molecule has 0 aromatic heterocycles.